The van der Waals surface area contributed by atoms with Crippen LogP contribution < -0.4 is 5.32 Å². The summed E-state index contributed by atoms with van der Waals surface area (Å²) in [4.78, 5) is 5.07. The summed E-state index contributed by atoms with van der Waals surface area (Å²) in [6.45, 7) is 3.72. The lowest BCUT2D eigenvalue weighted by Gasteiger charge is -2.22. The van der Waals surface area contributed by atoms with Gasteiger partial charge in [-0.2, -0.15) is 0 Å². The molecule has 1 aliphatic heterocycles. The van der Waals surface area contributed by atoms with Crippen LogP contribution in [0.25, 0.3) is 0 Å². The van der Waals surface area contributed by atoms with Crippen LogP contribution in [0.1, 0.15) is 17.7 Å². The first-order chi connectivity index (χ1) is 7.34. The molecule has 1 saturated heterocycles. The smallest absolute Gasteiger partial charge is 0.183 e. The van der Waals surface area contributed by atoms with Gasteiger partial charge in [-0.15, -0.1) is 11.3 Å². The summed E-state index contributed by atoms with van der Waals surface area (Å²) in [5, 5.41) is 3.38. The van der Waals surface area contributed by atoms with Crippen LogP contribution in [0.15, 0.2) is 6.20 Å². The van der Waals surface area contributed by atoms with Gasteiger partial charge in [0.2, 0.25) is 0 Å². The van der Waals surface area contributed by atoms with Crippen LogP contribution in [0.5, 0.6) is 0 Å². The minimum Gasteiger partial charge on any atom is -0.376 e. The van der Waals surface area contributed by atoms with Gasteiger partial charge >= 0.3 is 0 Å². The number of hydrogen-bond acceptors (Lipinski definition) is 4. The highest BCUT2D eigenvalue weighted by molar-refractivity contribution is 7.15. The number of halogens is 1. The molecule has 84 valence electrons. The highest BCUT2D eigenvalue weighted by Crippen LogP contribution is 2.19. The van der Waals surface area contributed by atoms with Gasteiger partial charge in [-0.05, 0) is 25.3 Å². The first-order valence-corrected chi connectivity index (χ1v) is 6.42. The van der Waals surface area contributed by atoms with Crippen molar-refractivity contribution in [2.45, 2.75) is 19.4 Å². The predicted molar refractivity (Wildman–Crippen MR) is 62.4 cm³/mol. The molecule has 3 nitrogen and oxygen atoms in total. The van der Waals surface area contributed by atoms with Gasteiger partial charge < -0.3 is 10.1 Å². The standard InChI is InChI=1S/C10H15ClN2OS/c11-10-13-5-9(15-10)7-14-6-8-2-1-3-12-4-8/h5,8,12H,1-4,6-7H2. The van der Waals surface area contributed by atoms with Crippen LogP contribution in [0.3, 0.4) is 0 Å². The second-order valence-corrected chi connectivity index (χ2v) is 5.50. The zero-order valence-electron chi connectivity index (χ0n) is 8.54. The van der Waals surface area contributed by atoms with Gasteiger partial charge in [-0.1, -0.05) is 11.6 Å². The average molecular weight is 247 g/mol. The molecule has 2 heterocycles. The van der Waals surface area contributed by atoms with Crippen molar-refractivity contribution >= 4 is 22.9 Å². The molecule has 0 aromatic carbocycles. The first kappa shape index (κ1) is 11.3. The zero-order chi connectivity index (χ0) is 10.5. The number of piperidine rings is 1. The quantitative estimate of drug-likeness (QED) is 0.886. The lowest BCUT2D eigenvalue weighted by Crippen LogP contribution is -2.32. The highest BCUT2D eigenvalue weighted by atomic mass is 35.5. The third-order valence-electron chi connectivity index (χ3n) is 2.52. The number of nitrogens with one attached hydrogen (secondary N) is 1. The molecule has 0 amide bonds. The predicted octanol–water partition coefficient (Wildman–Crippen LogP) is 2.31. The number of rotatable bonds is 4. The normalized spacial score (nSPS) is 21.8. The molecular formula is C10H15ClN2OS. The van der Waals surface area contributed by atoms with E-state index in [1.54, 1.807) is 6.20 Å². The number of thiazole rings is 1. The Morgan fingerprint density at radius 1 is 1.67 bits per heavy atom. The van der Waals surface area contributed by atoms with Crippen molar-refractivity contribution in [3.05, 3.63) is 15.5 Å². The van der Waals surface area contributed by atoms with Crippen LogP contribution in [0.2, 0.25) is 4.47 Å². The molecule has 15 heavy (non-hydrogen) atoms. The van der Waals surface area contributed by atoms with Gasteiger partial charge in [-0.3, -0.25) is 0 Å². The molecule has 0 saturated carbocycles. The fourth-order valence-electron chi connectivity index (χ4n) is 1.74. The van der Waals surface area contributed by atoms with E-state index in [2.05, 4.69) is 10.3 Å². The summed E-state index contributed by atoms with van der Waals surface area (Å²) in [6, 6.07) is 0. The van der Waals surface area contributed by atoms with Gasteiger partial charge in [0.05, 0.1) is 18.1 Å². The van der Waals surface area contributed by atoms with Crippen molar-refractivity contribution in [1.82, 2.24) is 10.3 Å². The Hall–Kier alpha value is -0.160. The summed E-state index contributed by atoms with van der Waals surface area (Å²) in [6.07, 6.45) is 4.32. The molecule has 0 spiro atoms. The van der Waals surface area contributed by atoms with Gasteiger partial charge in [0.25, 0.3) is 0 Å². The number of aromatic nitrogens is 1. The van der Waals surface area contributed by atoms with Gasteiger partial charge in [0.15, 0.2) is 4.47 Å². The molecule has 2 rings (SSSR count). The van der Waals surface area contributed by atoms with E-state index >= 15 is 0 Å². The van der Waals surface area contributed by atoms with Crippen molar-refractivity contribution in [1.29, 1.82) is 0 Å². The van der Waals surface area contributed by atoms with E-state index in [4.69, 9.17) is 16.3 Å². The Kier molecular flexibility index (Phi) is 4.38. The largest absolute Gasteiger partial charge is 0.376 e. The molecule has 1 N–H and O–H groups in total. The summed E-state index contributed by atoms with van der Waals surface area (Å²) < 4.78 is 6.23. The second-order valence-electron chi connectivity index (χ2n) is 3.81. The first-order valence-electron chi connectivity index (χ1n) is 5.23. The maximum Gasteiger partial charge on any atom is 0.183 e. The fraction of sp³-hybridized carbons (Fsp3) is 0.700. The van der Waals surface area contributed by atoms with E-state index in [1.807, 2.05) is 0 Å². The SMILES string of the molecule is Clc1ncc(COCC2CCCNC2)s1. The van der Waals surface area contributed by atoms with Crippen LogP contribution in [0, 0.1) is 5.92 Å². The van der Waals surface area contributed by atoms with Crippen molar-refractivity contribution < 1.29 is 4.74 Å². The molecular weight excluding hydrogens is 232 g/mol. The summed E-state index contributed by atoms with van der Waals surface area (Å²) in [5.41, 5.74) is 0. The minimum atomic E-state index is 0.591. The molecule has 1 fully saturated rings. The topological polar surface area (TPSA) is 34.1 Å². The van der Waals surface area contributed by atoms with Crippen molar-refractivity contribution in [3.63, 3.8) is 0 Å². The molecule has 1 atom stereocenters. The monoisotopic (exact) mass is 246 g/mol. The molecule has 0 radical (unpaired) electrons. The number of hydrogen-bond donors (Lipinski definition) is 1. The van der Waals surface area contributed by atoms with Crippen LogP contribution in [0.4, 0.5) is 0 Å². The fourth-order valence-corrected chi connectivity index (χ4v) is 2.66. The Balaban J connectivity index is 1.65. The Morgan fingerprint density at radius 3 is 3.27 bits per heavy atom. The van der Waals surface area contributed by atoms with E-state index in [1.165, 1.54) is 24.2 Å². The molecule has 1 aromatic rings. The molecule has 0 aliphatic carbocycles. The molecule has 1 aliphatic rings. The zero-order valence-corrected chi connectivity index (χ0v) is 10.1. The van der Waals surface area contributed by atoms with Gasteiger partial charge in [0, 0.05) is 12.7 Å². The van der Waals surface area contributed by atoms with Gasteiger partial charge in [-0.25, -0.2) is 4.98 Å². The summed E-state index contributed by atoms with van der Waals surface area (Å²) in [7, 11) is 0. The lowest BCUT2D eigenvalue weighted by molar-refractivity contribution is 0.0798. The Morgan fingerprint density at radius 2 is 2.60 bits per heavy atom. The average Bonchev–Trinajstić information content (AvgIpc) is 2.66. The molecule has 1 unspecified atom stereocenters. The molecule has 0 bridgehead atoms. The van der Waals surface area contributed by atoms with E-state index < -0.39 is 0 Å². The van der Waals surface area contributed by atoms with Crippen molar-refractivity contribution in [2.24, 2.45) is 5.92 Å². The highest BCUT2D eigenvalue weighted by Gasteiger charge is 2.12. The van der Waals surface area contributed by atoms with Crippen molar-refractivity contribution in [3.8, 4) is 0 Å². The molecule has 5 heteroatoms. The van der Waals surface area contributed by atoms with Crippen LogP contribution in [-0.2, 0) is 11.3 Å². The lowest BCUT2D eigenvalue weighted by atomic mass is 10.0. The maximum atomic E-state index is 5.73. The number of ether oxygens (including phenoxy) is 1. The summed E-state index contributed by atoms with van der Waals surface area (Å²) in [5.74, 6) is 0.669. The van der Waals surface area contributed by atoms with Crippen LogP contribution in [-0.4, -0.2) is 24.7 Å². The number of nitrogens with zero attached hydrogens (tertiary/aromatic N) is 1. The van der Waals surface area contributed by atoms with E-state index in [0.29, 0.717) is 17.0 Å². The third kappa shape index (κ3) is 3.72. The Labute approximate surface area is 98.8 Å². The summed E-state index contributed by atoms with van der Waals surface area (Å²) >= 11 is 7.22. The van der Waals surface area contributed by atoms with Crippen molar-refractivity contribution in [2.75, 3.05) is 19.7 Å². The van der Waals surface area contributed by atoms with Crippen LogP contribution >= 0.6 is 22.9 Å². The van der Waals surface area contributed by atoms with E-state index in [-0.39, 0.29) is 0 Å². The van der Waals surface area contributed by atoms with E-state index in [9.17, 15) is 0 Å². The third-order valence-corrected chi connectivity index (χ3v) is 3.61. The van der Waals surface area contributed by atoms with Gasteiger partial charge in [0.1, 0.15) is 0 Å². The van der Waals surface area contributed by atoms with E-state index in [0.717, 1.165) is 24.6 Å². The minimum absolute atomic E-state index is 0.591. The Bertz CT molecular complexity index is 299. The second kappa shape index (κ2) is 5.80. The maximum absolute atomic E-state index is 5.73. The molecule has 1 aromatic heterocycles.